The fraction of sp³-hybridized carbons (Fsp3) is 0.833. The SMILES string of the molecule is C=CCN(C)B(CCCC)CCCC. The lowest BCUT2D eigenvalue weighted by atomic mass is 9.53. The van der Waals surface area contributed by atoms with Crippen molar-refractivity contribution in [1.29, 1.82) is 0 Å². The lowest BCUT2D eigenvalue weighted by Gasteiger charge is -2.23. The van der Waals surface area contributed by atoms with Gasteiger partial charge in [-0.15, -0.1) is 6.58 Å². The van der Waals surface area contributed by atoms with Gasteiger partial charge in [-0.25, -0.2) is 0 Å². The highest BCUT2D eigenvalue weighted by molar-refractivity contribution is 6.55. The predicted molar refractivity (Wildman–Crippen MR) is 68.0 cm³/mol. The summed E-state index contributed by atoms with van der Waals surface area (Å²) in [6.45, 7) is 10.1. The molecule has 0 aliphatic rings. The molecule has 0 amide bonds. The molecule has 0 saturated carbocycles. The first-order valence-electron chi connectivity index (χ1n) is 6.07. The van der Waals surface area contributed by atoms with Crippen molar-refractivity contribution in [2.45, 2.75) is 52.2 Å². The molecule has 0 aromatic rings. The molecule has 0 aromatic carbocycles. The maximum atomic E-state index is 3.80. The van der Waals surface area contributed by atoms with Crippen LogP contribution in [0.5, 0.6) is 0 Å². The van der Waals surface area contributed by atoms with Crippen LogP contribution in [0.25, 0.3) is 0 Å². The molecule has 0 atom stereocenters. The predicted octanol–water partition coefficient (Wildman–Crippen LogP) is 3.70. The van der Waals surface area contributed by atoms with Gasteiger partial charge in [0.05, 0.1) is 0 Å². The molecule has 0 fully saturated rings. The van der Waals surface area contributed by atoms with Gasteiger partial charge in [-0.1, -0.05) is 58.2 Å². The molecule has 0 aliphatic carbocycles. The van der Waals surface area contributed by atoms with Crippen molar-refractivity contribution in [2.75, 3.05) is 13.6 Å². The minimum Gasteiger partial charge on any atom is -0.341 e. The molecule has 0 radical (unpaired) electrons. The Morgan fingerprint density at radius 3 is 2.00 bits per heavy atom. The topological polar surface area (TPSA) is 3.24 Å². The first kappa shape index (κ1) is 13.8. The first-order valence-corrected chi connectivity index (χ1v) is 6.07. The van der Waals surface area contributed by atoms with Gasteiger partial charge < -0.3 is 4.81 Å². The molecule has 2 heteroatoms. The Morgan fingerprint density at radius 2 is 1.64 bits per heavy atom. The van der Waals surface area contributed by atoms with Gasteiger partial charge in [0, 0.05) is 6.54 Å². The van der Waals surface area contributed by atoms with Crippen LogP contribution < -0.4 is 0 Å². The van der Waals surface area contributed by atoms with Gasteiger partial charge in [0.15, 0.2) is 0 Å². The van der Waals surface area contributed by atoms with Gasteiger partial charge in [0.2, 0.25) is 6.85 Å². The van der Waals surface area contributed by atoms with E-state index in [-0.39, 0.29) is 0 Å². The summed E-state index contributed by atoms with van der Waals surface area (Å²) in [5.41, 5.74) is 0. The summed E-state index contributed by atoms with van der Waals surface area (Å²) in [7, 11) is 2.22. The molecule has 0 spiro atoms. The lowest BCUT2D eigenvalue weighted by Crippen LogP contribution is -2.35. The summed E-state index contributed by atoms with van der Waals surface area (Å²) in [6, 6.07) is 0. The molecular formula is C12H26BN. The van der Waals surface area contributed by atoms with E-state index in [0.29, 0.717) is 0 Å². The molecule has 0 aromatic heterocycles. The number of hydrogen-bond donors (Lipinski definition) is 0. The lowest BCUT2D eigenvalue weighted by molar-refractivity contribution is 0.564. The third-order valence-electron chi connectivity index (χ3n) is 2.82. The Morgan fingerprint density at radius 1 is 1.14 bits per heavy atom. The maximum Gasteiger partial charge on any atom is 0.223 e. The van der Waals surface area contributed by atoms with E-state index in [1.54, 1.807) is 0 Å². The van der Waals surface area contributed by atoms with Crippen LogP contribution in [0.3, 0.4) is 0 Å². The highest BCUT2D eigenvalue weighted by Gasteiger charge is 2.16. The van der Waals surface area contributed by atoms with Crippen LogP contribution in [-0.4, -0.2) is 25.3 Å². The molecule has 0 unspecified atom stereocenters. The van der Waals surface area contributed by atoms with Crippen molar-refractivity contribution in [3.05, 3.63) is 12.7 Å². The summed E-state index contributed by atoms with van der Waals surface area (Å²) < 4.78 is 0. The number of nitrogens with zero attached hydrogens (tertiary/aromatic N) is 1. The van der Waals surface area contributed by atoms with Gasteiger partial charge in [-0.3, -0.25) is 0 Å². The Bertz CT molecular complexity index is 128. The molecule has 0 rings (SSSR count). The van der Waals surface area contributed by atoms with Gasteiger partial charge in [-0.2, -0.15) is 0 Å². The van der Waals surface area contributed by atoms with E-state index in [2.05, 4.69) is 32.3 Å². The van der Waals surface area contributed by atoms with Crippen LogP contribution in [0.2, 0.25) is 12.6 Å². The third kappa shape index (κ3) is 6.25. The second kappa shape index (κ2) is 9.33. The van der Waals surface area contributed by atoms with Crippen LogP contribution in [0.1, 0.15) is 39.5 Å². The third-order valence-corrected chi connectivity index (χ3v) is 2.82. The number of hydrogen-bond acceptors (Lipinski definition) is 1. The molecule has 0 bridgehead atoms. The zero-order valence-corrected chi connectivity index (χ0v) is 10.3. The van der Waals surface area contributed by atoms with Crippen molar-refractivity contribution in [3.8, 4) is 0 Å². The second-order valence-corrected chi connectivity index (χ2v) is 4.17. The molecular weight excluding hydrogens is 169 g/mol. The normalized spacial score (nSPS) is 10.6. The Balaban J connectivity index is 3.86. The average Bonchev–Trinajstić information content (AvgIpc) is 2.18. The fourth-order valence-electron chi connectivity index (χ4n) is 1.82. The van der Waals surface area contributed by atoms with E-state index in [1.807, 2.05) is 6.08 Å². The summed E-state index contributed by atoms with van der Waals surface area (Å²) in [5, 5.41) is 0. The van der Waals surface area contributed by atoms with Gasteiger partial charge in [0.25, 0.3) is 0 Å². The van der Waals surface area contributed by atoms with Crippen LogP contribution in [0.15, 0.2) is 12.7 Å². The molecule has 14 heavy (non-hydrogen) atoms. The van der Waals surface area contributed by atoms with Crippen LogP contribution >= 0.6 is 0 Å². The standard InChI is InChI=1S/C12H26BN/c1-5-8-10-13(11-9-6-2)14(4)12-7-3/h7H,3,5-6,8-12H2,1-2,4H3. The van der Waals surface area contributed by atoms with Crippen LogP contribution in [-0.2, 0) is 0 Å². The smallest absolute Gasteiger partial charge is 0.223 e. The Labute approximate surface area is 90.7 Å². The van der Waals surface area contributed by atoms with E-state index in [1.165, 1.54) is 38.3 Å². The van der Waals surface area contributed by atoms with Gasteiger partial charge in [0.1, 0.15) is 0 Å². The van der Waals surface area contributed by atoms with Crippen molar-refractivity contribution in [2.24, 2.45) is 0 Å². The molecule has 82 valence electrons. The molecule has 0 aliphatic heterocycles. The molecule has 0 saturated heterocycles. The highest BCUT2D eigenvalue weighted by Crippen LogP contribution is 2.12. The average molecular weight is 195 g/mol. The Hall–Kier alpha value is -0.235. The van der Waals surface area contributed by atoms with Crippen molar-refractivity contribution in [1.82, 2.24) is 4.81 Å². The van der Waals surface area contributed by atoms with Gasteiger partial charge in [-0.05, 0) is 7.05 Å². The van der Waals surface area contributed by atoms with E-state index in [0.717, 1.165) is 13.4 Å². The molecule has 0 N–H and O–H groups in total. The van der Waals surface area contributed by atoms with Gasteiger partial charge >= 0.3 is 0 Å². The number of unbranched alkanes of at least 4 members (excludes halogenated alkanes) is 2. The number of rotatable bonds is 9. The largest absolute Gasteiger partial charge is 0.341 e. The zero-order chi connectivity index (χ0) is 10.8. The summed E-state index contributed by atoms with van der Waals surface area (Å²) in [5.74, 6) is 0. The van der Waals surface area contributed by atoms with Crippen molar-refractivity contribution < 1.29 is 0 Å². The molecule has 0 heterocycles. The minimum absolute atomic E-state index is 0.771. The quantitative estimate of drug-likeness (QED) is 0.400. The van der Waals surface area contributed by atoms with E-state index < -0.39 is 0 Å². The van der Waals surface area contributed by atoms with Crippen molar-refractivity contribution in [3.63, 3.8) is 0 Å². The van der Waals surface area contributed by atoms with Crippen LogP contribution in [0, 0.1) is 0 Å². The highest BCUT2D eigenvalue weighted by atomic mass is 15.0. The van der Waals surface area contributed by atoms with E-state index in [4.69, 9.17) is 0 Å². The first-order chi connectivity index (χ1) is 6.76. The van der Waals surface area contributed by atoms with E-state index >= 15 is 0 Å². The molecule has 1 nitrogen and oxygen atoms in total. The number of likely N-dealkylation sites (N-methyl/N-ethyl adjacent to an activating group) is 1. The monoisotopic (exact) mass is 195 g/mol. The van der Waals surface area contributed by atoms with Crippen LogP contribution in [0.4, 0.5) is 0 Å². The van der Waals surface area contributed by atoms with Crippen molar-refractivity contribution >= 4 is 6.85 Å². The minimum atomic E-state index is 0.771. The Kier molecular flexibility index (Phi) is 9.17. The summed E-state index contributed by atoms with van der Waals surface area (Å²) >= 11 is 0. The maximum absolute atomic E-state index is 3.80. The fourth-order valence-corrected chi connectivity index (χ4v) is 1.82. The summed E-state index contributed by atoms with van der Waals surface area (Å²) in [4.78, 5) is 2.44. The summed E-state index contributed by atoms with van der Waals surface area (Å²) in [6.07, 6.45) is 10.0. The van der Waals surface area contributed by atoms with E-state index in [9.17, 15) is 0 Å². The zero-order valence-electron chi connectivity index (χ0n) is 10.3. The second-order valence-electron chi connectivity index (χ2n) is 4.17.